The zero-order chi connectivity index (χ0) is 103. The molecule has 0 fully saturated rings. The second kappa shape index (κ2) is 29.0. The van der Waals surface area contributed by atoms with Gasteiger partial charge >= 0.3 is 0 Å². The first-order chi connectivity index (χ1) is 65.1. The molecule has 15 aromatic rings. The zero-order valence-electron chi connectivity index (χ0n) is 95.4. The third-order valence-electron chi connectivity index (χ3n) is 21.6. The van der Waals surface area contributed by atoms with Crippen molar-refractivity contribution >= 4 is 101 Å². The highest BCUT2D eigenvalue weighted by Gasteiger charge is 2.46. The van der Waals surface area contributed by atoms with Gasteiger partial charge in [0.25, 0.3) is 6.71 Å². The van der Waals surface area contributed by atoms with Gasteiger partial charge in [0, 0.05) is 77.8 Å². The second-order valence-corrected chi connectivity index (χ2v) is 39.7. The smallest absolute Gasteiger partial charge is 0.252 e. The molecule has 0 radical (unpaired) electrons. The maximum atomic E-state index is 10.1. The van der Waals surface area contributed by atoms with Crippen LogP contribution in [0.4, 0.5) is 34.1 Å². The molecule has 0 bridgehead atoms. The molecule has 2 aliphatic heterocycles. The minimum absolute atomic E-state index is 0.146. The Morgan fingerprint density at radius 1 is 0.291 bits per heavy atom. The van der Waals surface area contributed by atoms with Crippen LogP contribution < -0.4 is 26.2 Å². The number of nitrogens with zero attached hydrogens (tertiary/aromatic N) is 4. The van der Waals surface area contributed by atoms with Crippen LogP contribution >= 0.6 is 0 Å². The van der Waals surface area contributed by atoms with E-state index in [1.165, 1.54) is 9.13 Å². The van der Waals surface area contributed by atoms with Crippen LogP contribution in [0.25, 0.3) is 99.5 Å². The van der Waals surface area contributed by atoms with Gasteiger partial charge in [-0.3, -0.25) is 0 Å². The molecular weight excluding hydrogens is 1410 g/mol. The van der Waals surface area contributed by atoms with E-state index in [0.29, 0.717) is 130 Å². The van der Waals surface area contributed by atoms with E-state index >= 15 is 0 Å². The van der Waals surface area contributed by atoms with E-state index < -0.39 is 167 Å². The summed E-state index contributed by atoms with van der Waals surface area (Å²) in [5.74, 6) is 0. The average molecular weight is 1560 g/mol. The van der Waals surface area contributed by atoms with Crippen molar-refractivity contribution in [1.29, 1.82) is 0 Å². The first-order valence-corrected chi connectivity index (χ1v) is 40.9. The molecule has 0 unspecified atom stereocenters. The van der Waals surface area contributed by atoms with Crippen LogP contribution in [0.3, 0.4) is 0 Å². The Hall–Kier alpha value is -10.9. The summed E-state index contributed by atoms with van der Waals surface area (Å²) in [7, 11) is 0. The van der Waals surface area contributed by atoms with Crippen molar-refractivity contribution in [2.45, 2.75) is 189 Å². The van der Waals surface area contributed by atoms with Gasteiger partial charge in [-0.2, -0.15) is 0 Å². The Labute approximate surface area is 732 Å². The molecule has 17 rings (SSSR count). The summed E-state index contributed by atoms with van der Waals surface area (Å²) in [6.45, 7) is 40.5. The van der Waals surface area contributed by atoms with Crippen molar-refractivity contribution in [3.8, 4) is 55.9 Å². The van der Waals surface area contributed by atoms with Crippen LogP contribution in [0.1, 0.15) is 217 Å². The highest BCUT2D eigenvalue weighted by atomic mass is 15.2. The number of para-hydroxylation sites is 4. The van der Waals surface area contributed by atoms with Gasteiger partial charge in [-0.05, 0) is 250 Å². The first-order valence-electron chi connectivity index (χ1n) is 52.9. The number of fused-ring (bicyclic) bond motifs is 10. The summed E-state index contributed by atoms with van der Waals surface area (Å²) in [4.78, 5) is 4.35. The largest absolute Gasteiger partial charge is 0.311 e. The summed E-state index contributed by atoms with van der Waals surface area (Å²) >= 11 is 0. The lowest BCUT2D eigenvalue weighted by molar-refractivity contribution is 0.410. The number of anilines is 6. The fourth-order valence-electron chi connectivity index (χ4n) is 17.4. The third-order valence-corrected chi connectivity index (χ3v) is 21.6. The van der Waals surface area contributed by atoms with Crippen LogP contribution in [0.2, 0.25) is 0 Å². The molecule has 4 heterocycles. The molecular formula is C112H119BN4. The summed E-state index contributed by atoms with van der Waals surface area (Å²) in [5.41, 5.74) is 8.20. The normalized spacial score (nSPS) is 16.9. The minimum Gasteiger partial charge on any atom is -0.311 e. The van der Waals surface area contributed by atoms with Crippen molar-refractivity contribution < 1.29 is 32.9 Å². The highest BCUT2D eigenvalue weighted by Crippen LogP contribution is 2.54. The molecule has 2 aliphatic rings. The Morgan fingerprint density at radius 3 is 0.880 bits per heavy atom. The van der Waals surface area contributed by atoms with E-state index in [1.807, 2.05) is 180 Å². The molecule has 0 N–H and O–H groups in total. The molecule has 0 saturated heterocycles. The molecule has 0 atom stereocenters. The van der Waals surface area contributed by atoms with Crippen LogP contribution in [-0.2, 0) is 43.7 Å². The molecule has 0 amide bonds. The fourth-order valence-corrected chi connectivity index (χ4v) is 17.4. The SMILES string of the molecule is [2H]c1c([2H])c([2H])c2c(c1[2H])c1c([2H])c([2H])c([2H])c([2H])c1n2-c1ccc2c(c1)N(c1cc(-c3cccc(C([2H])([2H])C(C)(C)C)c3)c(CC(C)(C)C)cc1-c1cccc(C([2H])([2H])C(C)(C)C)c1)c1cc(C(C)(C)C)cc3c1B2c1ccc(-n2c4c([2H])c([2H])c([2H])c([2H])c4c4c([2H])c([2H])c([2H])c([2H])c42)cc1N3c1cc(-c2cccc(C([2H])([2H])C(C)(C)C)c2)c(CC(C)(C)C)cc1-c1cccc(C([2H])([2H])C(C)(C)C)c1. The number of hydrogen-bond acceptors (Lipinski definition) is 2. The Bertz CT molecular complexity index is 7220. The molecule has 0 aliphatic carbocycles. The summed E-state index contributed by atoms with van der Waals surface area (Å²) in [5, 5.41) is -0.628. The van der Waals surface area contributed by atoms with Crippen molar-refractivity contribution in [2.24, 2.45) is 32.5 Å². The van der Waals surface area contributed by atoms with Gasteiger partial charge in [-0.15, -0.1) is 0 Å². The molecule has 0 spiro atoms. The first kappa shape index (κ1) is 54.9. The molecule has 590 valence electrons. The second-order valence-electron chi connectivity index (χ2n) is 39.7. The van der Waals surface area contributed by atoms with Crippen LogP contribution in [0.5, 0.6) is 0 Å². The molecule has 117 heavy (non-hydrogen) atoms. The summed E-state index contributed by atoms with van der Waals surface area (Å²) in [6.07, 6.45) is -6.84. The zero-order valence-corrected chi connectivity index (χ0v) is 71.4. The van der Waals surface area contributed by atoms with Crippen LogP contribution in [0, 0.1) is 32.5 Å². The number of rotatable bonds is 14. The average Bonchev–Trinajstić information content (AvgIpc) is 1.65. The topological polar surface area (TPSA) is 16.3 Å². The number of benzene rings is 13. The Morgan fingerprint density at radius 2 is 0.590 bits per heavy atom. The van der Waals surface area contributed by atoms with Crippen LogP contribution in [0.15, 0.2) is 267 Å². The van der Waals surface area contributed by atoms with E-state index in [0.717, 1.165) is 16.7 Å². The van der Waals surface area contributed by atoms with Gasteiger partial charge in [0.2, 0.25) is 0 Å². The van der Waals surface area contributed by atoms with Crippen molar-refractivity contribution in [3.05, 3.63) is 305 Å². The summed E-state index contributed by atoms with van der Waals surface area (Å²) < 4.78 is 237. The van der Waals surface area contributed by atoms with Gasteiger partial charge in [0.15, 0.2) is 0 Å². The molecule has 5 heteroatoms. The van der Waals surface area contributed by atoms with Gasteiger partial charge in [0.05, 0.1) is 55.4 Å². The van der Waals surface area contributed by atoms with Crippen molar-refractivity contribution in [3.63, 3.8) is 0 Å². The van der Waals surface area contributed by atoms with Gasteiger partial charge < -0.3 is 18.9 Å². The van der Waals surface area contributed by atoms with E-state index in [1.54, 1.807) is 36.4 Å². The van der Waals surface area contributed by atoms with Crippen molar-refractivity contribution in [1.82, 2.24) is 9.13 Å². The standard InChI is InChI=1S/C112H119BN4/c1-106(2,3)66-72-34-30-38-76(54-72)89-64-99(91(58-80(89)70-110(13,14)15)78-40-32-36-74(56-78)68-108(7,8)9)116-101-62-83(114-95-46-26-22-42-85(95)86-43-23-27-47-96(86)114)50-52-93(101)113-94-53-51-84(115-97-48-28-24-44-87(97)88-45-25-29-49-98(88)115)63-102(94)117(104-61-82(112(19,20)21)60-103(116)105(104)113)100-65-90(77-39-31-35-73(55-77)67-107(4,5)6)81(71-111(16,17)18)59-92(100)79-41-33-37-75(57-79)69-109(10,11)12/h22-65H,66-71H2,1-21H3/i22D,23D,24D,25D,26D,27D,28D,29D,42D,43D,44D,45D,46D,47D,48D,49D,66D2,67D2,68D2,69D2. The van der Waals surface area contributed by atoms with E-state index in [2.05, 4.69) is 109 Å². The Balaban J connectivity index is 1.14. The molecule has 2 aromatic heterocycles. The van der Waals surface area contributed by atoms with Gasteiger partial charge in [0.1, 0.15) is 0 Å². The minimum atomic E-state index is -1.96. The maximum Gasteiger partial charge on any atom is 0.252 e. The van der Waals surface area contributed by atoms with Crippen LogP contribution in [-0.4, -0.2) is 15.8 Å². The Kier molecular flexibility index (Phi) is 13.6. The van der Waals surface area contributed by atoms with Gasteiger partial charge in [-0.25, -0.2) is 0 Å². The van der Waals surface area contributed by atoms with E-state index in [9.17, 15) is 32.9 Å². The predicted molar refractivity (Wildman–Crippen MR) is 509 cm³/mol. The van der Waals surface area contributed by atoms with Gasteiger partial charge in [-0.1, -0.05) is 327 Å². The lowest BCUT2D eigenvalue weighted by Crippen LogP contribution is -2.61. The van der Waals surface area contributed by atoms with E-state index in [-0.39, 0.29) is 55.0 Å². The summed E-state index contributed by atoms with van der Waals surface area (Å²) in [6, 6.07) is 44.8. The lowest BCUT2D eigenvalue weighted by Gasteiger charge is -2.46. The molecule has 0 saturated carbocycles. The fraction of sp³-hybridized carbons (Fsp3) is 0.304. The maximum absolute atomic E-state index is 10.1. The van der Waals surface area contributed by atoms with E-state index in [4.69, 9.17) is 0 Å². The molecule has 4 nitrogen and oxygen atoms in total. The molecule has 13 aromatic carbocycles. The van der Waals surface area contributed by atoms with Crippen molar-refractivity contribution in [2.75, 3.05) is 9.80 Å². The quantitative estimate of drug-likeness (QED) is 0.101. The third kappa shape index (κ3) is 15.7. The number of hydrogen-bond donors (Lipinski definition) is 0. The monoisotopic (exact) mass is 1560 g/mol. The number of aromatic nitrogens is 2. The lowest BCUT2D eigenvalue weighted by atomic mass is 9.33. The highest BCUT2D eigenvalue weighted by molar-refractivity contribution is 7.00. The predicted octanol–water partition coefficient (Wildman–Crippen LogP) is 29.5.